The van der Waals surface area contributed by atoms with Gasteiger partial charge in [0.25, 0.3) is 5.91 Å². The van der Waals surface area contributed by atoms with Gasteiger partial charge in [-0.05, 0) is 40.5 Å². The molecule has 0 spiro atoms. The number of hydrazine groups is 1. The van der Waals surface area contributed by atoms with Crippen molar-refractivity contribution >= 4 is 30.3 Å². The monoisotopic (exact) mass is 682 g/mol. The van der Waals surface area contributed by atoms with Gasteiger partial charge in [0.2, 0.25) is 5.91 Å². The van der Waals surface area contributed by atoms with Gasteiger partial charge in [-0.3, -0.25) is 20.0 Å². The Morgan fingerprint density at radius 1 is 0.854 bits per heavy atom. The number of pyridine rings is 1. The average Bonchev–Trinajstić information content (AvgIpc) is 3.02. The highest BCUT2D eigenvalue weighted by Gasteiger charge is 2.35. The number of nitrogens with one attached hydrogen (secondary N) is 3. The lowest BCUT2D eigenvalue weighted by molar-refractivity contribution is -0.132. The Morgan fingerprint density at radius 2 is 1.48 bits per heavy atom. The largest absolute Gasteiger partial charge is 0.453 e. The van der Waals surface area contributed by atoms with Crippen LogP contribution in [-0.4, -0.2) is 70.9 Å². The molecule has 0 aliphatic heterocycles. The zero-order valence-electron chi connectivity index (χ0n) is 28.9. The third-order valence-corrected chi connectivity index (χ3v) is 7.85. The normalized spacial score (nSPS) is 14.1. The first-order valence-electron chi connectivity index (χ1n) is 15.8. The third-order valence-electron chi connectivity index (χ3n) is 7.85. The molecule has 12 heteroatoms. The second kappa shape index (κ2) is 17.9. The van der Waals surface area contributed by atoms with Gasteiger partial charge >= 0.3 is 6.09 Å². The van der Waals surface area contributed by atoms with Crippen LogP contribution in [0.4, 0.5) is 4.79 Å². The number of carbonyl (C=O) groups is 3. The highest BCUT2D eigenvalue weighted by Crippen LogP contribution is 2.22. The van der Waals surface area contributed by atoms with Gasteiger partial charge in [0.15, 0.2) is 0 Å². The Kier molecular flexibility index (Phi) is 15.0. The highest BCUT2D eigenvalue weighted by molar-refractivity contribution is 5.86. The molecule has 2 aromatic carbocycles. The summed E-state index contributed by atoms with van der Waals surface area (Å²) < 4.78 is 4.77. The zero-order chi connectivity index (χ0) is 34.8. The van der Waals surface area contributed by atoms with E-state index >= 15 is 0 Å². The second-order valence-corrected chi connectivity index (χ2v) is 13.9. The zero-order valence-corrected chi connectivity index (χ0v) is 29.7. The molecule has 3 amide bonds. The molecule has 11 nitrogen and oxygen atoms in total. The van der Waals surface area contributed by atoms with E-state index in [-0.39, 0.29) is 31.4 Å². The van der Waals surface area contributed by atoms with Crippen LogP contribution >= 0.6 is 12.4 Å². The van der Waals surface area contributed by atoms with Crippen LogP contribution in [0.1, 0.15) is 52.7 Å². The number of ether oxygens (including phenoxy) is 1. The summed E-state index contributed by atoms with van der Waals surface area (Å²) in [5.41, 5.74) is 11.5. The second-order valence-electron chi connectivity index (χ2n) is 13.9. The molecule has 0 bridgehead atoms. The van der Waals surface area contributed by atoms with Gasteiger partial charge in [0, 0.05) is 24.8 Å². The maximum Gasteiger partial charge on any atom is 0.407 e. The molecule has 1 aromatic heterocycles. The lowest BCUT2D eigenvalue weighted by Gasteiger charge is -2.35. The van der Waals surface area contributed by atoms with E-state index in [9.17, 15) is 19.5 Å². The van der Waals surface area contributed by atoms with Crippen molar-refractivity contribution in [2.24, 2.45) is 16.6 Å². The van der Waals surface area contributed by atoms with Crippen LogP contribution < -0.4 is 21.8 Å². The Balaban J connectivity index is 0.00000800. The Labute approximate surface area is 290 Å². The minimum Gasteiger partial charge on any atom is -0.453 e. The van der Waals surface area contributed by atoms with E-state index in [0.29, 0.717) is 6.42 Å². The minimum atomic E-state index is -1.12. The maximum atomic E-state index is 13.7. The van der Waals surface area contributed by atoms with Crippen LogP contribution in [0, 0.1) is 10.8 Å². The van der Waals surface area contributed by atoms with Gasteiger partial charge in [-0.15, -0.1) is 12.4 Å². The predicted molar refractivity (Wildman–Crippen MR) is 190 cm³/mol. The fraction of sp³-hybridized carbons (Fsp3) is 0.444. The molecule has 0 aliphatic rings. The number of nitrogens with two attached hydrogens (primary N) is 1. The number of halogens is 1. The molecule has 262 valence electrons. The standard InChI is InChI=1S/C36H50N6O5.ClH/c1-35(2,3)30(37)32(44)39-28(21-24-13-9-8-10-14-24)29(43)23-42(41-33(45)31(36(4,5)6)40-34(46)47-7)22-25-16-18-26(19-17-25)27-15-11-12-20-38-27;/h8-20,28-31,43H,21-23,37H2,1-7H3,(H,39,44)(H,40,46)(H,41,45);1H/t28-,29-,30+,31+;/m0./s1. The van der Waals surface area contributed by atoms with Crippen LogP contribution in [0.5, 0.6) is 0 Å². The molecule has 1 heterocycles. The van der Waals surface area contributed by atoms with Crippen molar-refractivity contribution < 1.29 is 24.2 Å². The maximum absolute atomic E-state index is 13.7. The molecule has 0 saturated heterocycles. The molecular formula is C36H51ClN6O5. The van der Waals surface area contributed by atoms with Crippen molar-refractivity contribution in [3.05, 3.63) is 90.1 Å². The van der Waals surface area contributed by atoms with Crippen LogP contribution in [0.3, 0.4) is 0 Å². The van der Waals surface area contributed by atoms with Crippen molar-refractivity contribution in [3.63, 3.8) is 0 Å². The van der Waals surface area contributed by atoms with Gasteiger partial charge in [-0.1, -0.05) is 102 Å². The molecule has 0 fully saturated rings. The van der Waals surface area contributed by atoms with Gasteiger partial charge < -0.3 is 26.2 Å². The summed E-state index contributed by atoms with van der Waals surface area (Å²) in [4.78, 5) is 43.5. The summed E-state index contributed by atoms with van der Waals surface area (Å²) in [7, 11) is 1.23. The predicted octanol–water partition coefficient (Wildman–Crippen LogP) is 4.24. The Hall–Kier alpha value is -4.03. The fourth-order valence-electron chi connectivity index (χ4n) is 4.93. The molecule has 3 rings (SSSR count). The fourth-order valence-corrected chi connectivity index (χ4v) is 4.93. The number of aromatic nitrogens is 1. The summed E-state index contributed by atoms with van der Waals surface area (Å²) in [6.07, 6.45) is 0.202. The minimum absolute atomic E-state index is 0. The van der Waals surface area contributed by atoms with Gasteiger partial charge in [0.1, 0.15) is 6.04 Å². The number of hydrogen-bond acceptors (Lipinski definition) is 8. The van der Waals surface area contributed by atoms with E-state index < -0.39 is 47.1 Å². The number of rotatable bonds is 13. The summed E-state index contributed by atoms with van der Waals surface area (Å²) >= 11 is 0. The number of methoxy groups -OCH3 is 1. The van der Waals surface area contributed by atoms with E-state index in [2.05, 4.69) is 21.0 Å². The number of hydrogen-bond donors (Lipinski definition) is 5. The smallest absolute Gasteiger partial charge is 0.407 e. The summed E-state index contributed by atoms with van der Waals surface area (Å²) in [5.74, 6) is -0.869. The van der Waals surface area contributed by atoms with Crippen molar-refractivity contribution in [3.8, 4) is 11.3 Å². The number of aliphatic hydroxyl groups is 1. The third kappa shape index (κ3) is 12.2. The van der Waals surface area contributed by atoms with Crippen molar-refractivity contribution in [1.82, 2.24) is 26.1 Å². The lowest BCUT2D eigenvalue weighted by atomic mass is 9.86. The van der Waals surface area contributed by atoms with E-state index in [1.807, 2.05) is 114 Å². The molecule has 0 unspecified atom stereocenters. The number of carbonyl (C=O) groups excluding carboxylic acids is 3. The van der Waals surface area contributed by atoms with Crippen LogP contribution in [0.2, 0.25) is 0 Å². The van der Waals surface area contributed by atoms with Crippen molar-refractivity contribution in [2.45, 2.75) is 78.7 Å². The van der Waals surface area contributed by atoms with E-state index in [1.54, 1.807) is 11.2 Å². The number of benzene rings is 2. The Bertz CT molecular complexity index is 1450. The van der Waals surface area contributed by atoms with E-state index in [1.165, 1.54) is 7.11 Å². The number of alkyl carbamates (subject to hydrolysis) is 1. The molecule has 4 atom stereocenters. The number of amides is 3. The first-order chi connectivity index (χ1) is 22.1. The van der Waals surface area contributed by atoms with Gasteiger partial charge in [-0.25, -0.2) is 9.80 Å². The Morgan fingerprint density at radius 3 is 2.02 bits per heavy atom. The van der Waals surface area contributed by atoms with E-state index in [4.69, 9.17) is 10.5 Å². The molecule has 0 saturated carbocycles. The number of nitrogens with zero attached hydrogens (tertiary/aromatic N) is 2. The topological polar surface area (TPSA) is 159 Å². The van der Waals surface area contributed by atoms with Gasteiger partial charge in [0.05, 0.1) is 31.0 Å². The van der Waals surface area contributed by atoms with Crippen molar-refractivity contribution in [2.75, 3.05) is 13.7 Å². The summed E-state index contributed by atoms with van der Waals surface area (Å²) in [6.45, 7) is 11.3. The highest BCUT2D eigenvalue weighted by atomic mass is 35.5. The molecule has 48 heavy (non-hydrogen) atoms. The first-order valence-corrected chi connectivity index (χ1v) is 15.8. The van der Waals surface area contributed by atoms with Crippen molar-refractivity contribution in [1.29, 1.82) is 0 Å². The SMILES string of the molecule is COC(=O)N[C@H](C(=O)NN(Cc1ccc(-c2ccccn2)cc1)C[C@H](O)[C@H](Cc1ccccc1)NC(=O)[C@@H](N)C(C)(C)C)C(C)(C)C.Cl. The summed E-state index contributed by atoms with van der Waals surface area (Å²) in [6, 6.07) is 20.5. The van der Waals surface area contributed by atoms with Gasteiger partial charge in [-0.2, -0.15) is 0 Å². The van der Waals surface area contributed by atoms with Crippen LogP contribution in [0.15, 0.2) is 79.0 Å². The molecule has 3 aromatic rings. The molecule has 0 radical (unpaired) electrons. The average molecular weight is 683 g/mol. The van der Waals surface area contributed by atoms with E-state index in [0.717, 1.165) is 22.4 Å². The quantitative estimate of drug-likeness (QED) is 0.168. The lowest BCUT2D eigenvalue weighted by Crippen LogP contribution is -2.60. The van der Waals surface area contributed by atoms with Crippen LogP contribution in [0.25, 0.3) is 11.3 Å². The number of aliphatic hydroxyl groups excluding tert-OH is 1. The summed E-state index contributed by atoms with van der Waals surface area (Å²) in [5, 5.41) is 18.9. The first kappa shape index (κ1) is 40.1. The molecule has 6 N–H and O–H groups in total. The van der Waals surface area contributed by atoms with Crippen LogP contribution in [-0.2, 0) is 27.3 Å². The molecular weight excluding hydrogens is 632 g/mol. The molecule has 0 aliphatic carbocycles.